The number of fused-ring (bicyclic) bond motifs is 2. The third-order valence-electron chi connectivity index (χ3n) is 6.25. The molecule has 1 N–H and O–H groups in total. The number of hydrogen-bond acceptors (Lipinski definition) is 2. The Morgan fingerprint density at radius 1 is 1.23 bits per heavy atom. The molecule has 3 aliphatic carbocycles. The van der Waals surface area contributed by atoms with Gasteiger partial charge in [0.25, 0.3) is 5.91 Å². The second-order valence-corrected chi connectivity index (χ2v) is 7.99. The van der Waals surface area contributed by atoms with E-state index in [1.54, 1.807) is 11.7 Å². The second-order valence-electron chi connectivity index (χ2n) is 7.63. The van der Waals surface area contributed by atoms with Gasteiger partial charge in [0.2, 0.25) is 0 Å². The third kappa shape index (κ3) is 2.27. The smallest absolute Gasteiger partial charge is 0.256 e. The molecular formula is C17H24ClN3O. The number of halogens is 1. The summed E-state index contributed by atoms with van der Waals surface area (Å²) >= 11 is 6.24. The van der Waals surface area contributed by atoms with E-state index in [-0.39, 0.29) is 5.91 Å². The van der Waals surface area contributed by atoms with Crippen molar-refractivity contribution in [2.75, 3.05) is 0 Å². The van der Waals surface area contributed by atoms with E-state index in [2.05, 4.69) is 10.4 Å². The van der Waals surface area contributed by atoms with Crippen LogP contribution in [0.3, 0.4) is 0 Å². The summed E-state index contributed by atoms with van der Waals surface area (Å²) in [6.45, 7) is 1.85. The van der Waals surface area contributed by atoms with Gasteiger partial charge in [-0.15, -0.1) is 0 Å². The highest BCUT2D eigenvalue weighted by Gasteiger charge is 2.46. The average molecular weight is 322 g/mol. The lowest BCUT2D eigenvalue weighted by Crippen LogP contribution is -2.41. The molecule has 1 amide bonds. The van der Waals surface area contributed by atoms with E-state index in [1.807, 2.05) is 6.92 Å². The van der Waals surface area contributed by atoms with Crippen LogP contribution in [0.15, 0.2) is 0 Å². The fourth-order valence-corrected chi connectivity index (χ4v) is 5.66. The molecule has 1 aromatic heterocycles. The van der Waals surface area contributed by atoms with Crippen molar-refractivity contribution in [3.63, 3.8) is 0 Å². The van der Waals surface area contributed by atoms with Crippen LogP contribution in [-0.2, 0) is 7.05 Å². The van der Waals surface area contributed by atoms with Crippen molar-refractivity contribution in [3.05, 3.63) is 16.4 Å². The van der Waals surface area contributed by atoms with Gasteiger partial charge in [0.15, 0.2) is 0 Å². The molecule has 5 heteroatoms. The van der Waals surface area contributed by atoms with Crippen molar-refractivity contribution in [1.82, 2.24) is 15.1 Å². The van der Waals surface area contributed by atoms with Crippen LogP contribution in [0.5, 0.6) is 0 Å². The zero-order valence-corrected chi connectivity index (χ0v) is 14.1. The fourth-order valence-electron chi connectivity index (χ4n) is 5.40. The number of amides is 1. The van der Waals surface area contributed by atoms with Gasteiger partial charge in [-0.1, -0.05) is 11.6 Å². The van der Waals surface area contributed by atoms with E-state index in [4.69, 9.17) is 11.6 Å². The van der Waals surface area contributed by atoms with E-state index in [0.29, 0.717) is 28.4 Å². The molecular weight excluding hydrogens is 298 g/mol. The van der Waals surface area contributed by atoms with Gasteiger partial charge in [-0.3, -0.25) is 9.48 Å². The molecule has 3 fully saturated rings. The largest absolute Gasteiger partial charge is 0.349 e. The first-order valence-corrected chi connectivity index (χ1v) is 8.90. The van der Waals surface area contributed by atoms with E-state index >= 15 is 0 Å². The fraction of sp³-hybridized carbons (Fsp3) is 0.765. The van der Waals surface area contributed by atoms with E-state index in [1.165, 1.54) is 32.1 Å². The minimum Gasteiger partial charge on any atom is -0.349 e. The summed E-state index contributed by atoms with van der Waals surface area (Å²) < 4.78 is 1.58. The van der Waals surface area contributed by atoms with Crippen LogP contribution in [0, 0.1) is 30.6 Å². The van der Waals surface area contributed by atoms with Crippen LogP contribution in [0.2, 0.25) is 5.15 Å². The molecule has 5 unspecified atom stereocenters. The highest BCUT2D eigenvalue weighted by atomic mass is 35.5. The van der Waals surface area contributed by atoms with Gasteiger partial charge in [0.1, 0.15) is 5.15 Å². The maximum Gasteiger partial charge on any atom is 0.256 e. The topological polar surface area (TPSA) is 46.9 Å². The summed E-state index contributed by atoms with van der Waals surface area (Å²) in [5, 5.41) is 8.00. The third-order valence-corrected chi connectivity index (χ3v) is 6.68. The summed E-state index contributed by atoms with van der Waals surface area (Å²) in [6, 6.07) is 0.323. The molecule has 1 heterocycles. The van der Waals surface area contributed by atoms with Crippen LogP contribution < -0.4 is 5.32 Å². The molecule has 22 heavy (non-hydrogen) atoms. The number of carbonyl (C=O) groups is 1. The van der Waals surface area contributed by atoms with Crippen molar-refractivity contribution in [2.24, 2.45) is 30.7 Å². The highest BCUT2D eigenvalue weighted by Crippen LogP contribution is 2.53. The Labute approximate surface area is 136 Å². The lowest BCUT2D eigenvalue weighted by molar-refractivity contribution is 0.0912. The predicted molar refractivity (Wildman–Crippen MR) is 85.9 cm³/mol. The van der Waals surface area contributed by atoms with E-state index < -0.39 is 0 Å². The van der Waals surface area contributed by atoms with Gasteiger partial charge >= 0.3 is 0 Å². The van der Waals surface area contributed by atoms with Gasteiger partial charge in [0.05, 0.1) is 11.3 Å². The first-order valence-electron chi connectivity index (χ1n) is 8.53. The zero-order valence-electron chi connectivity index (χ0n) is 13.3. The number of hydrogen-bond donors (Lipinski definition) is 1. The minimum absolute atomic E-state index is 0.0400. The zero-order chi connectivity index (χ0) is 15.4. The van der Waals surface area contributed by atoms with Crippen molar-refractivity contribution >= 4 is 17.5 Å². The Morgan fingerprint density at radius 3 is 2.73 bits per heavy atom. The highest BCUT2D eigenvalue weighted by molar-refractivity contribution is 6.33. The molecule has 0 saturated heterocycles. The van der Waals surface area contributed by atoms with E-state index in [0.717, 1.165) is 24.2 Å². The van der Waals surface area contributed by atoms with Gasteiger partial charge in [-0.2, -0.15) is 5.10 Å². The number of aryl methyl sites for hydroxylation is 2. The normalized spacial score (nSPS) is 36.4. The lowest BCUT2D eigenvalue weighted by Gasteiger charge is -2.27. The molecule has 3 aliphatic rings. The summed E-state index contributed by atoms with van der Waals surface area (Å²) in [6.07, 6.45) is 7.92. The Morgan fingerprint density at radius 2 is 2.00 bits per heavy atom. The van der Waals surface area contributed by atoms with Gasteiger partial charge in [-0.25, -0.2) is 0 Å². The minimum atomic E-state index is -0.0400. The molecule has 4 rings (SSSR count). The molecule has 0 aromatic carbocycles. The number of nitrogens with zero attached hydrogens (tertiary/aromatic N) is 2. The Kier molecular flexibility index (Phi) is 3.48. The Balaban J connectivity index is 1.54. The van der Waals surface area contributed by atoms with Crippen LogP contribution in [-0.4, -0.2) is 21.7 Å². The van der Waals surface area contributed by atoms with Crippen molar-refractivity contribution < 1.29 is 4.79 Å². The SMILES string of the molecule is Cc1nn(C)c(Cl)c1C(=O)NC1CCC2CC3CC(C2)C1C3. The van der Waals surface area contributed by atoms with Gasteiger partial charge in [-0.05, 0) is 69.1 Å². The standard InChI is InChI=1S/C17H24ClN3O/c1-9-15(16(18)21(2)20-9)17(22)19-14-4-3-10-5-11-7-12(6-10)13(14)8-11/h10-14H,3-8H2,1-2H3,(H,19,22). The summed E-state index contributed by atoms with van der Waals surface area (Å²) in [5.41, 5.74) is 1.26. The molecule has 3 bridgehead atoms. The summed E-state index contributed by atoms with van der Waals surface area (Å²) in [7, 11) is 1.78. The number of aromatic nitrogens is 2. The number of nitrogens with one attached hydrogen (secondary N) is 1. The summed E-state index contributed by atoms with van der Waals surface area (Å²) in [4.78, 5) is 12.7. The molecule has 1 aromatic rings. The molecule has 3 saturated carbocycles. The molecule has 0 spiro atoms. The first-order chi connectivity index (χ1) is 10.5. The number of rotatable bonds is 2. The van der Waals surface area contributed by atoms with Crippen LogP contribution >= 0.6 is 11.6 Å². The van der Waals surface area contributed by atoms with Gasteiger partial charge in [0, 0.05) is 13.1 Å². The van der Waals surface area contributed by atoms with Gasteiger partial charge < -0.3 is 5.32 Å². The maximum atomic E-state index is 12.7. The Bertz CT molecular complexity index is 611. The van der Waals surface area contributed by atoms with Crippen molar-refractivity contribution in [1.29, 1.82) is 0 Å². The van der Waals surface area contributed by atoms with E-state index in [9.17, 15) is 4.79 Å². The predicted octanol–water partition coefficient (Wildman–Crippen LogP) is 3.33. The molecule has 4 nitrogen and oxygen atoms in total. The Hall–Kier alpha value is -1.03. The molecule has 0 aliphatic heterocycles. The lowest BCUT2D eigenvalue weighted by atomic mass is 9.80. The van der Waals surface area contributed by atoms with Crippen LogP contribution in [0.1, 0.15) is 54.6 Å². The average Bonchev–Trinajstić information content (AvgIpc) is 2.86. The number of carbonyl (C=O) groups excluding carboxylic acids is 1. The van der Waals surface area contributed by atoms with Crippen LogP contribution in [0.4, 0.5) is 0 Å². The van der Waals surface area contributed by atoms with Crippen molar-refractivity contribution in [2.45, 2.75) is 51.5 Å². The van der Waals surface area contributed by atoms with Crippen LogP contribution in [0.25, 0.3) is 0 Å². The van der Waals surface area contributed by atoms with Crippen molar-refractivity contribution in [3.8, 4) is 0 Å². The molecule has 0 radical (unpaired) electrons. The maximum absolute atomic E-state index is 12.7. The summed E-state index contributed by atoms with van der Waals surface area (Å²) in [5.74, 6) is 3.29. The molecule has 5 atom stereocenters. The first kappa shape index (κ1) is 14.6. The second kappa shape index (κ2) is 5.26. The monoisotopic (exact) mass is 321 g/mol. The molecule has 120 valence electrons. The quantitative estimate of drug-likeness (QED) is 0.908.